The van der Waals surface area contributed by atoms with Gasteiger partial charge in [0.15, 0.2) is 0 Å². The molecule has 1 aliphatic rings. The van der Waals surface area contributed by atoms with Gasteiger partial charge in [0.2, 0.25) is 0 Å². The van der Waals surface area contributed by atoms with Gasteiger partial charge in [0, 0.05) is 0 Å². The number of hydrogen-bond acceptors (Lipinski definition) is 3. The highest BCUT2D eigenvalue weighted by Gasteiger charge is 2.32. The number of nitrogens with two attached hydrogens (primary N) is 1. The first-order valence-corrected chi connectivity index (χ1v) is 5.54. The highest BCUT2D eigenvalue weighted by molar-refractivity contribution is 7.80. The molecule has 1 aliphatic heterocycles. The number of alkyl halides is 3. The summed E-state index contributed by atoms with van der Waals surface area (Å²) < 4.78 is 48.0. The molecule has 18 heavy (non-hydrogen) atoms. The molecule has 1 fully saturated rings. The lowest BCUT2D eigenvalue weighted by molar-refractivity contribution is -0.137. The maximum atomic E-state index is 12.6. The van der Waals surface area contributed by atoms with Crippen molar-refractivity contribution < 1.29 is 22.6 Å². The van der Waals surface area contributed by atoms with E-state index in [0.717, 1.165) is 12.1 Å². The van der Waals surface area contributed by atoms with Gasteiger partial charge in [0.25, 0.3) is 0 Å². The number of thiocarbonyl (C=S) groups is 1. The second-order valence-electron chi connectivity index (χ2n) is 3.85. The molecule has 0 aromatic heterocycles. The van der Waals surface area contributed by atoms with Crippen LogP contribution in [-0.2, 0) is 10.9 Å². The number of rotatable bonds is 3. The van der Waals surface area contributed by atoms with Gasteiger partial charge in [0.05, 0.1) is 24.3 Å². The smallest absolute Gasteiger partial charge is 0.416 e. The monoisotopic (exact) mass is 277 g/mol. The van der Waals surface area contributed by atoms with Crippen molar-refractivity contribution in [1.29, 1.82) is 0 Å². The SMILES string of the molecule is NC(=S)c1cc(C(F)(F)F)ccc1OC1COC1. The maximum absolute atomic E-state index is 12.6. The van der Waals surface area contributed by atoms with Crippen LogP contribution in [0.4, 0.5) is 13.2 Å². The van der Waals surface area contributed by atoms with Gasteiger partial charge < -0.3 is 15.2 Å². The van der Waals surface area contributed by atoms with Crippen molar-refractivity contribution in [2.75, 3.05) is 13.2 Å². The van der Waals surface area contributed by atoms with E-state index >= 15 is 0 Å². The van der Waals surface area contributed by atoms with Crippen molar-refractivity contribution in [1.82, 2.24) is 0 Å². The maximum Gasteiger partial charge on any atom is 0.416 e. The van der Waals surface area contributed by atoms with E-state index in [1.807, 2.05) is 0 Å². The summed E-state index contributed by atoms with van der Waals surface area (Å²) in [6, 6.07) is 3.07. The van der Waals surface area contributed by atoms with E-state index in [4.69, 9.17) is 27.4 Å². The van der Waals surface area contributed by atoms with E-state index in [1.165, 1.54) is 6.07 Å². The fourth-order valence-corrected chi connectivity index (χ4v) is 1.62. The molecule has 0 bridgehead atoms. The van der Waals surface area contributed by atoms with E-state index < -0.39 is 11.7 Å². The Kier molecular flexibility index (Phi) is 3.45. The second-order valence-corrected chi connectivity index (χ2v) is 4.29. The Morgan fingerprint density at radius 2 is 2.06 bits per heavy atom. The van der Waals surface area contributed by atoms with Gasteiger partial charge in [-0.1, -0.05) is 12.2 Å². The van der Waals surface area contributed by atoms with Crippen LogP contribution in [0.1, 0.15) is 11.1 Å². The summed E-state index contributed by atoms with van der Waals surface area (Å²) in [5, 5.41) is 0. The molecule has 7 heteroatoms. The molecule has 1 saturated heterocycles. The summed E-state index contributed by atoms with van der Waals surface area (Å²) in [7, 11) is 0. The Labute approximate surface area is 107 Å². The minimum Gasteiger partial charge on any atom is -0.485 e. The number of hydrogen-bond donors (Lipinski definition) is 1. The van der Waals surface area contributed by atoms with Gasteiger partial charge in [-0.25, -0.2) is 0 Å². The molecule has 2 N–H and O–H groups in total. The molecule has 1 aromatic rings. The van der Waals surface area contributed by atoms with Crippen LogP contribution in [0.25, 0.3) is 0 Å². The lowest BCUT2D eigenvalue weighted by atomic mass is 10.1. The third-order valence-electron chi connectivity index (χ3n) is 2.47. The summed E-state index contributed by atoms with van der Waals surface area (Å²) in [5.41, 5.74) is 4.70. The molecular formula is C11H10F3NO2S. The van der Waals surface area contributed by atoms with Gasteiger partial charge in [-0.2, -0.15) is 13.2 Å². The first kappa shape index (κ1) is 13.1. The fraction of sp³-hybridized carbons (Fsp3) is 0.364. The Bertz CT molecular complexity index is 472. The molecule has 1 aromatic carbocycles. The van der Waals surface area contributed by atoms with Crippen molar-refractivity contribution in [3.8, 4) is 5.75 Å². The van der Waals surface area contributed by atoms with Crippen LogP contribution in [0.2, 0.25) is 0 Å². The predicted octanol–water partition coefficient (Wildman–Crippen LogP) is 2.12. The normalized spacial score (nSPS) is 16.2. The Morgan fingerprint density at radius 1 is 1.39 bits per heavy atom. The quantitative estimate of drug-likeness (QED) is 0.860. The topological polar surface area (TPSA) is 44.5 Å². The minimum atomic E-state index is -4.43. The summed E-state index contributed by atoms with van der Waals surface area (Å²) in [6.07, 6.45) is -4.59. The van der Waals surface area contributed by atoms with Gasteiger partial charge in [-0.05, 0) is 18.2 Å². The predicted molar refractivity (Wildman–Crippen MR) is 62.6 cm³/mol. The minimum absolute atomic E-state index is 0.0896. The lowest BCUT2D eigenvalue weighted by Gasteiger charge is -2.27. The molecule has 0 amide bonds. The van der Waals surface area contributed by atoms with E-state index in [2.05, 4.69) is 0 Å². The van der Waals surface area contributed by atoms with E-state index in [0.29, 0.717) is 13.2 Å². The number of benzene rings is 1. The third-order valence-corrected chi connectivity index (χ3v) is 2.69. The van der Waals surface area contributed by atoms with Gasteiger partial charge in [0.1, 0.15) is 16.8 Å². The summed E-state index contributed by atoms with van der Waals surface area (Å²) in [6.45, 7) is 0.829. The molecule has 0 spiro atoms. The van der Waals surface area contributed by atoms with Crippen LogP contribution in [0.5, 0.6) is 5.75 Å². The highest BCUT2D eigenvalue weighted by atomic mass is 32.1. The van der Waals surface area contributed by atoms with Gasteiger partial charge in [-0.15, -0.1) is 0 Å². The molecule has 0 atom stereocenters. The Balaban J connectivity index is 2.31. The van der Waals surface area contributed by atoms with Crippen LogP contribution < -0.4 is 10.5 Å². The first-order chi connectivity index (χ1) is 8.38. The zero-order valence-corrected chi connectivity index (χ0v) is 9.98. The van der Waals surface area contributed by atoms with Crippen molar-refractivity contribution in [2.24, 2.45) is 5.73 Å². The molecule has 2 rings (SSSR count). The van der Waals surface area contributed by atoms with Crippen molar-refractivity contribution in [3.05, 3.63) is 29.3 Å². The van der Waals surface area contributed by atoms with Crippen LogP contribution in [0, 0.1) is 0 Å². The molecule has 98 valence electrons. The summed E-state index contributed by atoms with van der Waals surface area (Å²) in [5.74, 6) is 0.254. The third kappa shape index (κ3) is 2.73. The largest absolute Gasteiger partial charge is 0.485 e. The molecule has 1 heterocycles. The number of halogens is 3. The number of ether oxygens (including phenoxy) is 2. The Morgan fingerprint density at radius 3 is 2.50 bits per heavy atom. The van der Waals surface area contributed by atoms with Crippen molar-refractivity contribution >= 4 is 17.2 Å². The fourth-order valence-electron chi connectivity index (χ4n) is 1.46. The van der Waals surface area contributed by atoms with Crippen LogP contribution in [0.3, 0.4) is 0 Å². The van der Waals surface area contributed by atoms with Gasteiger partial charge >= 0.3 is 6.18 Å². The van der Waals surface area contributed by atoms with Crippen molar-refractivity contribution in [3.63, 3.8) is 0 Å². The summed E-state index contributed by atoms with van der Waals surface area (Å²) in [4.78, 5) is -0.128. The molecule has 0 saturated carbocycles. The van der Waals surface area contributed by atoms with E-state index in [-0.39, 0.29) is 22.4 Å². The standard InChI is InChI=1S/C11H10F3NO2S/c12-11(13,14)6-1-2-9(8(3-6)10(15)18)17-7-4-16-5-7/h1-3,7H,4-5H2,(H2,15,18). The molecular weight excluding hydrogens is 267 g/mol. The van der Waals surface area contributed by atoms with Crippen LogP contribution in [-0.4, -0.2) is 24.3 Å². The Hall–Kier alpha value is -1.34. The first-order valence-electron chi connectivity index (χ1n) is 5.13. The highest BCUT2D eigenvalue weighted by Crippen LogP contribution is 2.33. The average molecular weight is 277 g/mol. The zero-order chi connectivity index (χ0) is 13.3. The molecule has 3 nitrogen and oxygen atoms in total. The average Bonchev–Trinajstić information content (AvgIpc) is 2.21. The molecule has 0 unspecified atom stereocenters. The van der Waals surface area contributed by atoms with Crippen molar-refractivity contribution in [2.45, 2.75) is 12.3 Å². The molecule has 0 radical (unpaired) electrons. The summed E-state index contributed by atoms with van der Waals surface area (Å²) >= 11 is 4.74. The lowest BCUT2D eigenvalue weighted by Crippen LogP contribution is -2.39. The van der Waals surface area contributed by atoms with Crippen LogP contribution >= 0.6 is 12.2 Å². The van der Waals surface area contributed by atoms with E-state index in [1.54, 1.807) is 0 Å². The zero-order valence-electron chi connectivity index (χ0n) is 9.16. The van der Waals surface area contributed by atoms with Gasteiger partial charge in [-0.3, -0.25) is 0 Å². The second kappa shape index (κ2) is 4.74. The molecule has 0 aliphatic carbocycles. The van der Waals surface area contributed by atoms with E-state index in [9.17, 15) is 13.2 Å². The van der Waals surface area contributed by atoms with Crippen LogP contribution in [0.15, 0.2) is 18.2 Å².